The number of aliphatic hydroxyl groups excluding tert-OH is 1. The van der Waals surface area contributed by atoms with Crippen LogP contribution < -0.4 is 9.64 Å². The predicted octanol–water partition coefficient (Wildman–Crippen LogP) is 5.24. The quantitative estimate of drug-likeness (QED) is 0.119. The third kappa shape index (κ3) is 7.66. The molecule has 3 heterocycles. The summed E-state index contributed by atoms with van der Waals surface area (Å²) in [6.45, 7) is 10.1. The van der Waals surface area contributed by atoms with E-state index in [0.29, 0.717) is 50.1 Å². The number of carbonyl (C=O) groups is 4. The van der Waals surface area contributed by atoms with E-state index in [4.69, 9.17) is 14.2 Å². The molecule has 0 saturated carbocycles. The molecule has 3 aliphatic heterocycles. The van der Waals surface area contributed by atoms with Crippen LogP contribution in [0.25, 0.3) is 0 Å². The number of allylic oxidation sites excluding steroid dienone is 1. The molecule has 0 radical (unpaired) electrons. The number of ether oxygens (including phenoxy) is 3. The van der Waals surface area contributed by atoms with E-state index < -0.39 is 47.7 Å². The lowest BCUT2D eigenvalue weighted by atomic mass is 9.70. The molecule has 1 spiro atoms. The Bertz CT molecular complexity index is 1580. The summed E-state index contributed by atoms with van der Waals surface area (Å²) in [4.78, 5) is 61.8. The standard InChI is InChI=1S/C41H53N3O8/c1-6-8-18-33(46)42(4)28(3)36(29-16-12-11-13-17-29)51-40(49)34-32-23-24-41(52-32)35(34)38(47)44(26-14-9-10-15-27-45)37(41)39(48)43(25-7-2)30-19-21-31(50-5)22-20-30/h6-7,11-13,16-17,19-22,28,32,34-37,45H,1-2,8-10,14-15,18,23-27H2,3-5H3/t28-,32-,34+,35+,36+,37-,41+/m0/s1. The summed E-state index contributed by atoms with van der Waals surface area (Å²) in [6, 6.07) is 14.9. The zero-order chi connectivity index (χ0) is 37.4. The Morgan fingerprint density at radius 2 is 1.77 bits per heavy atom. The number of nitrogens with zero attached hydrogens (tertiary/aromatic N) is 3. The number of anilines is 1. The minimum absolute atomic E-state index is 0.0910. The van der Waals surface area contributed by atoms with Gasteiger partial charge in [0.1, 0.15) is 23.5 Å². The van der Waals surface area contributed by atoms with Gasteiger partial charge in [-0.1, -0.05) is 55.3 Å². The second kappa shape index (κ2) is 17.4. The van der Waals surface area contributed by atoms with E-state index >= 15 is 0 Å². The number of esters is 1. The summed E-state index contributed by atoms with van der Waals surface area (Å²) in [5.41, 5.74) is 0.126. The molecular weight excluding hydrogens is 662 g/mol. The van der Waals surface area contributed by atoms with Gasteiger partial charge in [-0.15, -0.1) is 13.2 Å². The molecule has 0 aliphatic carbocycles. The number of unbranched alkanes of at least 4 members (excludes halogenated alkanes) is 3. The lowest BCUT2D eigenvalue weighted by molar-refractivity contribution is -0.164. The summed E-state index contributed by atoms with van der Waals surface area (Å²) >= 11 is 0. The Labute approximate surface area is 307 Å². The molecule has 5 rings (SSSR count). The Morgan fingerprint density at radius 1 is 1.06 bits per heavy atom. The molecule has 0 unspecified atom stereocenters. The summed E-state index contributed by atoms with van der Waals surface area (Å²) < 4.78 is 18.4. The molecule has 3 saturated heterocycles. The highest BCUT2D eigenvalue weighted by atomic mass is 16.6. The van der Waals surface area contributed by atoms with Gasteiger partial charge in [-0.05, 0) is 68.9 Å². The number of hydrogen-bond donors (Lipinski definition) is 1. The van der Waals surface area contributed by atoms with Gasteiger partial charge in [-0.2, -0.15) is 0 Å². The van der Waals surface area contributed by atoms with Gasteiger partial charge >= 0.3 is 5.97 Å². The summed E-state index contributed by atoms with van der Waals surface area (Å²) in [5, 5.41) is 9.29. The van der Waals surface area contributed by atoms with Crippen LogP contribution in [0.2, 0.25) is 0 Å². The topological polar surface area (TPSA) is 126 Å². The zero-order valence-corrected chi connectivity index (χ0v) is 30.7. The first kappa shape index (κ1) is 38.7. The number of aliphatic hydroxyl groups is 1. The number of benzene rings is 2. The maximum atomic E-state index is 14.8. The van der Waals surface area contributed by atoms with Gasteiger partial charge in [-0.25, -0.2) is 0 Å². The Hall–Kier alpha value is -4.48. The van der Waals surface area contributed by atoms with Gasteiger partial charge in [0, 0.05) is 38.9 Å². The van der Waals surface area contributed by atoms with Crippen molar-refractivity contribution in [2.24, 2.45) is 11.8 Å². The van der Waals surface area contributed by atoms with Crippen LogP contribution in [-0.2, 0) is 28.7 Å². The molecule has 11 heteroatoms. The van der Waals surface area contributed by atoms with Crippen LogP contribution in [0, 0.1) is 11.8 Å². The van der Waals surface area contributed by atoms with E-state index in [9.17, 15) is 24.3 Å². The molecule has 2 bridgehead atoms. The summed E-state index contributed by atoms with van der Waals surface area (Å²) in [6.07, 6.45) is 6.51. The third-order valence-electron chi connectivity index (χ3n) is 11.0. The Kier molecular flexibility index (Phi) is 12.9. The largest absolute Gasteiger partial charge is 0.497 e. The number of likely N-dealkylation sites (tertiary alicyclic amines) is 1. The predicted molar refractivity (Wildman–Crippen MR) is 197 cm³/mol. The van der Waals surface area contributed by atoms with Crippen molar-refractivity contribution >= 4 is 29.4 Å². The van der Waals surface area contributed by atoms with Crippen LogP contribution in [0.3, 0.4) is 0 Å². The number of hydrogen-bond acceptors (Lipinski definition) is 8. The molecule has 3 fully saturated rings. The zero-order valence-electron chi connectivity index (χ0n) is 30.7. The van der Waals surface area contributed by atoms with Gasteiger partial charge in [-0.3, -0.25) is 19.2 Å². The fourth-order valence-corrected chi connectivity index (χ4v) is 8.17. The maximum absolute atomic E-state index is 14.8. The van der Waals surface area contributed by atoms with E-state index in [-0.39, 0.29) is 37.3 Å². The summed E-state index contributed by atoms with van der Waals surface area (Å²) in [5.74, 6) is -2.47. The normalized spacial score (nSPS) is 24.2. The first-order valence-electron chi connectivity index (χ1n) is 18.4. The Morgan fingerprint density at radius 3 is 2.42 bits per heavy atom. The van der Waals surface area contributed by atoms with Gasteiger partial charge in [0.25, 0.3) is 5.91 Å². The average Bonchev–Trinajstić information content (AvgIpc) is 3.81. The van der Waals surface area contributed by atoms with Gasteiger partial charge in [0.05, 0.1) is 31.1 Å². The van der Waals surface area contributed by atoms with Crippen LogP contribution in [0.15, 0.2) is 79.9 Å². The number of amides is 3. The minimum Gasteiger partial charge on any atom is -0.497 e. The van der Waals surface area contributed by atoms with E-state index in [1.54, 1.807) is 65.3 Å². The monoisotopic (exact) mass is 715 g/mol. The first-order chi connectivity index (χ1) is 25.1. The molecule has 280 valence electrons. The van der Waals surface area contributed by atoms with Gasteiger partial charge < -0.3 is 34.0 Å². The Balaban J connectivity index is 1.47. The highest BCUT2D eigenvalue weighted by Crippen LogP contribution is 2.59. The minimum atomic E-state index is -1.22. The van der Waals surface area contributed by atoms with Crippen LogP contribution in [0.4, 0.5) is 5.69 Å². The van der Waals surface area contributed by atoms with E-state index in [0.717, 1.165) is 18.4 Å². The molecule has 2 aromatic carbocycles. The van der Waals surface area contributed by atoms with Crippen molar-refractivity contribution in [2.45, 2.75) is 88.2 Å². The molecule has 52 heavy (non-hydrogen) atoms. The highest BCUT2D eigenvalue weighted by molar-refractivity contribution is 6.04. The SMILES string of the molecule is C=CCCC(=O)N(C)[C@@H](C)[C@@H](OC(=O)[C@@H]1[C@@H]2CC[C@]3(O2)[C@H](C(=O)N(CC=C)c2ccc(OC)cc2)N(CCCCCCO)C(=O)[C@@H]13)c1ccccc1. The lowest BCUT2D eigenvalue weighted by Gasteiger charge is -2.37. The lowest BCUT2D eigenvalue weighted by Crippen LogP contribution is -2.56. The molecule has 0 aromatic heterocycles. The van der Waals surface area contributed by atoms with Crippen LogP contribution in [-0.4, -0.2) is 96.2 Å². The molecule has 11 nitrogen and oxygen atoms in total. The molecule has 2 aromatic rings. The molecule has 3 aliphatic rings. The maximum Gasteiger partial charge on any atom is 0.313 e. The van der Waals surface area contributed by atoms with Crippen molar-refractivity contribution in [1.29, 1.82) is 0 Å². The number of methoxy groups -OCH3 is 1. The fraction of sp³-hybridized carbons (Fsp3) is 0.512. The van der Waals surface area contributed by atoms with Crippen molar-refractivity contribution < 1.29 is 38.5 Å². The molecule has 7 atom stereocenters. The number of carbonyl (C=O) groups excluding carboxylic acids is 4. The highest BCUT2D eigenvalue weighted by Gasteiger charge is 2.75. The van der Waals surface area contributed by atoms with Crippen molar-refractivity contribution in [3.05, 3.63) is 85.5 Å². The van der Waals surface area contributed by atoms with Crippen LogP contribution in [0.1, 0.15) is 70.0 Å². The average molecular weight is 716 g/mol. The number of likely N-dealkylation sites (N-methyl/N-ethyl adjacent to an activating group) is 1. The van der Waals surface area contributed by atoms with Crippen molar-refractivity contribution in [1.82, 2.24) is 9.80 Å². The van der Waals surface area contributed by atoms with Crippen molar-refractivity contribution in [2.75, 3.05) is 38.8 Å². The van der Waals surface area contributed by atoms with Crippen molar-refractivity contribution in [3.8, 4) is 5.75 Å². The third-order valence-corrected chi connectivity index (χ3v) is 11.0. The van der Waals surface area contributed by atoms with Gasteiger partial charge in [0.15, 0.2) is 0 Å². The number of rotatable bonds is 19. The smallest absolute Gasteiger partial charge is 0.313 e. The molecule has 1 N–H and O–H groups in total. The fourth-order valence-electron chi connectivity index (χ4n) is 8.17. The van der Waals surface area contributed by atoms with Gasteiger partial charge in [0.2, 0.25) is 11.8 Å². The van der Waals surface area contributed by atoms with E-state index in [1.807, 2.05) is 37.3 Å². The second-order valence-electron chi connectivity index (χ2n) is 14.0. The number of fused-ring (bicyclic) bond motifs is 1. The van der Waals surface area contributed by atoms with E-state index in [1.165, 1.54) is 0 Å². The second-order valence-corrected chi connectivity index (χ2v) is 14.0. The molecule has 3 amide bonds. The molecular formula is C41H53N3O8. The van der Waals surface area contributed by atoms with Crippen LogP contribution >= 0.6 is 0 Å². The van der Waals surface area contributed by atoms with E-state index in [2.05, 4.69) is 13.2 Å². The van der Waals surface area contributed by atoms with Crippen molar-refractivity contribution in [3.63, 3.8) is 0 Å². The van der Waals surface area contributed by atoms with Crippen LogP contribution in [0.5, 0.6) is 5.75 Å². The summed E-state index contributed by atoms with van der Waals surface area (Å²) in [7, 11) is 3.27. The first-order valence-corrected chi connectivity index (χ1v) is 18.4.